The second kappa shape index (κ2) is 12.9. The molecule has 0 radical (unpaired) electrons. The third-order valence-electron chi connectivity index (χ3n) is 4.98. The summed E-state index contributed by atoms with van der Waals surface area (Å²) in [6.45, 7) is -4.74. The minimum atomic E-state index is -0.981. The number of aromatic nitrogens is 6. The number of aliphatic hydroxyl groups is 4. The summed E-state index contributed by atoms with van der Waals surface area (Å²) in [6, 6.07) is 0. The molecule has 0 amide bonds. The summed E-state index contributed by atoms with van der Waals surface area (Å²) in [5.74, 6) is 0. The SMILES string of the molecule is O=c1n(CCO)c(=O)n(CCOCCn2c(=O)n(CCO)c(=O)n(CCO)c2=O)c(=O)n1CCO. The van der Waals surface area contributed by atoms with Crippen LogP contribution in [-0.2, 0) is 44.0 Å². The summed E-state index contributed by atoms with van der Waals surface area (Å²) in [5.41, 5.74) is -5.87. The zero-order valence-corrected chi connectivity index (χ0v) is 18.8. The van der Waals surface area contributed by atoms with E-state index in [1.54, 1.807) is 0 Å². The number of rotatable bonds is 14. The van der Waals surface area contributed by atoms with Crippen LogP contribution in [0.4, 0.5) is 0 Å². The highest BCUT2D eigenvalue weighted by Crippen LogP contribution is 1.84. The van der Waals surface area contributed by atoms with Crippen LogP contribution in [0, 0.1) is 0 Å². The number of ether oxygens (including phenoxy) is 1. The van der Waals surface area contributed by atoms with Crippen LogP contribution in [0.25, 0.3) is 0 Å². The summed E-state index contributed by atoms with van der Waals surface area (Å²) in [4.78, 5) is 74.4. The molecule has 2 aromatic heterocycles. The molecule has 17 nitrogen and oxygen atoms in total. The summed E-state index contributed by atoms with van der Waals surface area (Å²) < 4.78 is 9.29. The quantitative estimate of drug-likeness (QED) is 0.177. The fourth-order valence-electron chi connectivity index (χ4n) is 3.33. The first-order valence-electron chi connectivity index (χ1n) is 10.6. The van der Waals surface area contributed by atoms with Crippen LogP contribution in [-0.4, -0.2) is 87.5 Å². The van der Waals surface area contributed by atoms with Gasteiger partial charge in [-0.15, -0.1) is 0 Å². The molecule has 0 saturated heterocycles. The lowest BCUT2D eigenvalue weighted by molar-refractivity contribution is 0.112. The van der Waals surface area contributed by atoms with Crippen LogP contribution in [0.15, 0.2) is 28.8 Å². The first-order chi connectivity index (χ1) is 16.7. The molecule has 0 aliphatic heterocycles. The van der Waals surface area contributed by atoms with Gasteiger partial charge in [0.05, 0.1) is 78.9 Å². The zero-order valence-electron chi connectivity index (χ0n) is 18.8. The van der Waals surface area contributed by atoms with Crippen LogP contribution in [0.3, 0.4) is 0 Å². The first kappa shape index (κ1) is 27.9. The fourth-order valence-corrected chi connectivity index (χ4v) is 3.33. The number of hydrogen-bond donors (Lipinski definition) is 4. The average Bonchev–Trinajstić information content (AvgIpc) is 2.83. The van der Waals surface area contributed by atoms with Crippen molar-refractivity contribution in [1.29, 1.82) is 0 Å². The second-order valence-corrected chi connectivity index (χ2v) is 7.11. The molecule has 0 aliphatic carbocycles. The molecular formula is C18H28N6O11. The van der Waals surface area contributed by atoms with Crippen molar-refractivity contribution < 1.29 is 25.2 Å². The van der Waals surface area contributed by atoms with Crippen molar-refractivity contribution in [3.8, 4) is 0 Å². The monoisotopic (exact) mass is 504 g/mol. The van der Waals surface area contributed by atoms with Crippen LogP contribution < -0.4 is 34.1 Å². The molecule has 0 aromatic carbocycles. The van der Waals surface area contributed by atoms with Gasteiger partial charge in [0.2, 0.25) is 0 Å². The Morgan fingerprint density at radius 1 is 0.400 bits per heavy atom. The van der Waals surface area contributed by atoms with Gasteiger partial charge >= 0.3 is 34.1 Å². The molecule has 0 spiro atoms. The Morgan fingerprint density at radius 2 is 0.600 bits per heavy atom. The van der Waals surface area contributed by atoms with E-state index < -0.39 is 60.6 Å². The normalized spacial score (nSPS) is 11.3. The van der Waals surface area contributed by atoms with Gasteiger partial charge in [-0.05, 0) is 0 Å². The van der Waals surface area contributed by atoms with Gasteiger partial charge in [0, 0.05) is 0 Å². The maximum atomic E-state index is 12.5. The fraction of sp³-hybridized carbons (Fsp3) is 0.667. The Balaban J connectivity index is 2.22. The first-order valence-corrected chi connectivity index (χ1v) is 10.6. The summed E-state index contributed by atoms with van der Waals surface area (Å²) in [6.07, 6.45) is 0. The minimum absolute atomic E-state index is 0.249. The van der Waals surface area contributed by atoms with E-state index in [2.05, 4.69) is 0 Å². The van der Waals surface area contributed by atoms with E-state index in [1.165, 1.54) is 0 Å². The lowest BCUT2D eigenvalue weighted by Crippen LogP contribution is -2.55. The van der Waals surface area contributed by atoms with Crippen molar-refractivity contribution in [2.24, 2.45) is 0 Å². The number of nitrogens with zero attached hydrogens (tertiary/aromatic N) is 6. The Bertz CT molecular complexity index is 1170. The van der Waals surface area contributed by atoms with Crippen molar-refractivity contribution in [2.45, 2.75) is 39.3 Å². The molecule has 2 rings (SSSR count). The highest BCUT2D eigenvalue weighted by molar-refractivity contribution is 4.80. The average molecular weight is 504 g/mol. The molecule has 0 saturated carbocycles. The number of aliphatic hydroxyl groups excluding tert-OH is 4. The van der Waals surface area contributed by atoms with Gasteiger partial charge in [-0.2, -0.15) is 0 Å². The van der Waals surface area contributed by atoms with Gasteiger partial charge in [-0.25, -0.2) is 56.2 Å². The molecule has 0 fully saturated rings. The highest BCUT2D eigenvalue weighted by Gasteiger charge is 2.16. The summed E-state index contributed by atoms with van der Waals surface area (Å²) in [5, 5.41) is 36.4. The topological polar surface area (TPSA) is 222 Å². The van der Waals surface area contributed by atoms with Gasteiger partial charge in [0.1, 0.15) is 0 Å². The molecule has 2 aromatic rings. The van der Waals surface area contributed by atoms with Gasteiger partial charge in [-0.1, -0.05) is 0 Å². The number of hydrogen-bond acceptors (Lipinski definition) is 11. The minimum Gasteiger partial charge on any atom is -0.395 e. The van der Waals surface area contributed by atoms with E-state index >= 15 is 0 Å². The smallest absolute Gasteiger partial charge is 0.336 e. The summed E-state index contributed by atoms with van der Waals surface area (Å²) >= 11 is 0. The maximum absolute atomic E-state index is 12.5. The molecule has 0 unspecified atom stereocenters. The van der Waals surface area contributed by atoms with E-state index in [1.807, 2.05) is 0 Å². The van der Waals surface area contributed by atoms with Crippen molar-refractivity contribution in [1.82, 2.24) is 27.4 Å². The van der Waals surface area contributed by atoms with Gasteiger partial charge in [0.25, 0.3) is 0 Å². The Kier molecular flexibility index (Phi) is 10.3. The molecule has 17 heteroatoms. The van der Waals surface area contributed by atoms with Crippen molar-refractivity contribution in [3.63, 3.8) is 0 Å². The largest absolute Gasteiger partial charge is 0.395 e. The van der Waals surface area contributed by atoms with Crippen molar-refractivity contribution in [2.75, 3.05) is 39.6 Å². The molecule has 0 bridgehead atoms. The molecule has 4 N–H and O–H groups in total. The van der Waals surface area contributed by atoms with E-state index in [-0.39, 0.29) is 52.5 Å². The van der Waals surface area contributed by atoms with Crippen LogP contribution in [0.2, 0.25) is 0 Å². The molecular weight excluding hydrogens is 476 g/mol. The lowest BCUT2D eigenvalue weighted by Gasteiger charge is -2.14. The van der Waals surface area contributed by atoms with E-state index in [4.69, 9.17) is 25.2 Å². The zero-order chi connectivity index (χ0) is 26.1. The Morgan fingerprint density at radius 3 is 0.800 bits per heavy atom. The van der Waals surface area contributed by atoms with Crippen molar-refractivity contribution >= 4 is 0 Å². The lowest BCUT2D eigenvalue weighted by atomic mass is 10.5. The van der Waals surface area contributed by atoms with E-state index in [0.29, 0.717) is 27.4 Å². The summed E-state index contributed by atoms with van der Waals surface area (Å²) in [7, 11) is 0. The molecule has 196 valence electrons. The van der Waals surface area contributed by atoms with Gasteiger partial charge < -0.3 is 25.2 Å². The standard InChI is InChI=1S/C18H28N6O11/c25-7-1-19-13(29)20(2-8-26)16(32)23(15(19)31)5-11-35-12-6-24-17(33)21(3-9-27)14(30)22(4-10-28)18(24)34/h25-28H,1-12H2. The maximum Gasteiger partial charge on any atom is 0.336 e. The van der Waals surface area contributed by atoms with Crippen LogP contribution in [0.1, 0.15) is 0 Å². The predicted octanol–water partition coefficient (Wildman–Crippen LogP) is -6.66. The van der Waals surface area contributed by atoms with Gasteiger partial charge in [-0.3, -0.25) is 0 Å². The van der Waals surface area contributed by atoms with Crippen LogP contribution in [0.5, 0.6) is 0 Å². The van der Waals surface area contributed by atoms with E-state index in [0.717, 1.165) is 0 Å². The third kappa shape index (κ3) is 6.01. The molecule has 35 heavy (non-hydrogen) atoms. The predicted molar refractivity (Wildman–Crippen MR) is 118 cm³/mol. The van der Waals surface area contributed by atoms with Crippen LogP contribution >= 0.6 is 0 Å². The van der Waals surface area contributed by atoms with Crippen molar-refractivity contribution in [3.05, 3.63) is 62.9 Å². The Hall–Kier alpha value is -3.38. The second-order valence-electron chi connectivity index (χ2n) is 7.11. The van der Waals surface area contributed by atoms with Gasteiger partial charge in [0.15, 0.2) is 0 Å². The highest BCUT2D eigenvalue weighted by atomic mass is 16.5. The molecule has 0 aliphatic rings. The van der Waals surface area contributed by atoms with E-state index in [9.17, 15) is 28.8 Å². The molecule has 0 atom stereocenters. The third-order valence-corrected chi connectivity index (χ3v) is 4.98. The Labute approximate surface area is 195 Å². The molecule has 2 heterocycles.